The summed E-state index contributed by atoms with van der Waals surface area (Å²) in [5.41, 5.74) is 2.45. The molecule has 0 radical (unpaired) electrons. The van der Waals surface area contributed by atoms with E-state index in [-0.39, 0.29) is 24.6 Å². The van der Waals surface area contributed by atoms with E-state index in [1.54, 1.807) is 22.5 Å². The summed E-state index contributed by atoms with van der Waals surface area (Å²) in [6.45, 7) is 0.285. The van der Waals surface area contributed by atoms with Crippen LogP contribution in [-0.4, -0.2) is 41.7 Å². The van der Waals surface area contributed by atoms with Crippen LogP contribution in [0.3, 0.4) is 0 Å². The van der Waals surface area contributed by atoms with Crippen molar-refractivity contribution in [1.82, 2.24) is 34.8 Å². The monoisotopic (exact) mass is 400 g/mol. The van der Waals surface area contributed by atoms with Gasteiger partial charge in [-0.15, -0.1) is 11.3 Å². The fourth-order valence-electron chi connectivity index (χ4n) is 3.02. The van der Waals surface area contributed by atoms with E-state index in [2.05, 4.69) is 25.6 Å². The van der Waals surface area contributed by atoms with Gasteiger partial charge in [0, 0.05) is 38.5 Å². The highest BCUT2D eigenvalue weighted by Gasteiger charge is 2.23. The molecular formula is C17H17FN8OS. The van der Waals surface area contributed by atoms with Crippen LogP contribution in [0.15, 0.2) is 18.5 Å². The van der Waals surface area contributed by atoms with Crippen LogP contribution in [-0.2, 0) is 27.1 Å². The zero-order valence-electron chi connectivity index (χ0n) is 15.2. The first-order valence-corrected chi connectivity index (χ1v) is 9.23. The molecule has 0 unspecified atom stereocenters. The fourth-order valence-corrected chi connectivity index (χ4v) is 4.14. The number of aryl methyl sites for hydroxylation is 2. The van der Waals surface area contributed by atoms with Crippen molar-refractivity contribution in [2.75, 3.05) is 0 Å². The summed E-state index contributed by atoms with van der Waals surface area (Å²) in [6.07, 6.45) is 4.38. The van der Waals surface area contributed by atoms with Gasteiger partial charge >= 0.3 is 0 Å². The van der Waals surface area contributed by atoms with Gasteiger partial charge in [-0.25, -0.2) is 9.37 Å². The second-order valence-electron chi connectivity index (χ2n) is 6.25. The fraction of sp³-hybridized carbons (Fsp3) is 0.235. The largest absolute Gasteiger partial charge is 0.345 e. The highest BCUT2D eigenvalue weighted by molar-refractivity contribution is 7.19. The smallest absolute Gasteiger partial charge is 0.269 e. The minimum absolute atomic E-state index is 0.243. The predicted octanol–water partition coefficient (Wildman–Crippen LogP) is 1.75. The minimum Gasteiger partial charge on any atom is -0.345 e. The Morgan fingerprint density at radius 2 is 2.29 bits per heavy atom. The SMILES string of the molecule is Cn1ccc(CNC(=O)c2c(C=N)c3sc(Cc4n[nH]cc4F)nc3n2C)n1. The van der Waals surface area contributed by atoms with Gasteiger partial charge < -0.3 is 15.3 Å². The van der Waals surface area contributed by atoms with E-state index in [4.69, 9.17) is 5.41 Å². The molecule has 0 saturated carbocycles. The van der Waals surface area contributed by atoms with Crippen LogP contribution in [0.4, 0.5) is 4.39 Å². The van der Waals surface area contributed by atoms with Crippen molar-refractivity contribution >= 4 is 33.8 Å². The van der Waals surface area contributed by atoms with Crippen molar-refractivity contribution in [2.24, 2.45) is 14.1 Å². The zero-order valence-corrected chi connectivity index (χ0v) is 16.0. The number of halogens is 1. The van der Waals surface area contributed by atoms with Crippen molar-refractivity contribution in [1.29, 1.82) is 5.41 Å². The van der Waals surface area contributed by atoms with Crippen molar-refractivity contribution < 1.29 is 9.18 Å². The molecule has 0 fully saturated rings. The van der Waals surface area contributed by atoms with Crippen LogP contribution in [0.5, 0.6) is 0 Å². The van der Waals surface area contributed by atoms with Crippen molar-refractivity contribution in [3.63, 3.8) is 0 Å². The Bertz CT molecular complexity index is 1180. The summed E-state index contributed by atoms with van der Waals surface area (Å²) >= 11 is 1.33. The van der Waals surface area contributed by atoms with Gasteiger partial charge in [0.2, 0.25) is 0 Å². The number of fused-ring (bicyclic) bond motifs is 1. The van der Waals surface area contributed by atoms with Gasteiger partial charge in [0.25, 0.3) is 5.91 Å². The van der Waals surface area contributed by atoms with Gasteiger partial charge in [0.05, 0.1) is 23.1 Å². The number of aromatic nitrogens is 6. The lowest BCUT2D eigenvalue weighted by molar-refractivity contribution is 0.0942. The summed E-state index contributed by atoms with van der Waals surface area (Å²) in [7, 11) is 3.53. The maximum absolute atomic E-state index is 13.6. The Hall–Kier alpha value is -3.34. The number of carbonyl (C=O) groups is 1. The molecule has 0 aliphatic rings. The molecule has 0 aromatic carbocycles. The van der Waals surface area contributed by atoms with Gasteiger partial charge in [-0.1, -0.05) is 0 Å². The van der Waals surface area contributed by atoms with E-state index < -0.39 is 5.82 Å². The van der Waals surface area contributed by atoms with Crippen LogP contribution < -0.4 is 5.32 Å². The standard InChI is InChI=1S/C17H17FN8OS/c1-25-4-3-9(24-25)7-20-17(27)14-10(6-19)15-16(26(14)2)22-13(28-15)5-12-11(18)8-21-23-12/h3-4,6,8,19H,5,7H2,1-2H3,(H,20,27)(H,21,23). The lowest BCUT2D eigenvalue weighted by Crippen LogP contribution is -2.26. The van der Waals surface area contributed by atoms with Gasteiger partial charge in [-0.05, 0) is 6.07 Å². The average molecular weight is 400 g/mol. The Labute approximate surface area is 162 Å². The Morgan fingerprint density at radius 1 is 1.46 bits per heavy atom. The number of aromatic amines is 1. The maximum atomic E-state index is 13.6. The molecule has 11 heteroatoms. The van der Waals surface area contributed by atoms with Gasteiger partial charge in [0.1, 0.15) is 16.4 Å². The topological polar surface area (TPSA) is 117 Å². The second-order valence-corrected chi connectivity index (χ2v) is 7.33. The zero-order chi connectivity index (χ0) is 19.8. The molecule has 4 heterocycles. The molecule has 4 aromatic rings. The van der Waals surface area contributed by atoms with E-state index in [1.807, 2.05) is 13.1 Å². The molecule has 0 atom stereocenters. The van der Waals surface area contributed by atoms with Crippen LogP contribution in [0, 0.1) is 11.2 Å². The van der Waals surface area contributed by atoms with Crippen LogP contribution in [0.1, 0.15) is 32.4 Å². The van der Waals surface area contributed by atoms with Crippen LogP contribution in [0.25, 0.3) is 10.3 Å². The molecule has 0 bridgehead atoms. The summed E-state index contributed by atoms with van der Waals surface area (Å²) < 4.78 is 17.7. The van der Waals surface area contributed by atoms with E-state index in [0.29, 0.717) is 26.6 Å². The number of hydrogen-bond donors (Lipinski definition) is 3. The molecule has 0 spiro atoms. The third kappa shape index (κ3) is 3.09. The molecule has 9 nitrogen and oxygen atoms in total. The first-order chi connectivity index (χ1) is 13.5. The van der Waals surface area contributed by atoms with Crippen LogP contribution >= 0.6 is 11.3 Å². The van der Waals surface area contributed by atoms with Crippen LogP contribution in [0.2, 0.25) is 0 Å². The first-order valence-electron chi connectivity index (χ1n) is 8.41. The number of nitrogens with one attached hydrogen (secondary N) is 3. The third-order valence-corrected chi connectivity index (χ3v) is 5.43. The van der Waals surface area contributed by atoms with Gasteiger partial charge in [-0.3, -0.25) is 14.6 Å². The summed E-state index contributed by atoms with van der Waals surface area (Å²) in [5.74, 6) is -0.724. The molecule has 4 aromatic heterocycles. The van der Waals surface area contributed by atoms with Crippen molar-refractivity contribution in [3.05, 3.63) is 51.9 Å². The van der Waals surface area contributed by atoms with E-state index in [0.717, 1.165) is 11.9 Å². The quantitative estimate of drug-likeness (QED) is 0.427. The molecule has 0 aliphatic heterocycles. The minimum atomic E-state index is -0.416. The number of H-pyrrole nitrogens is 1. The molecule has 0 saturated heterocycles. The lowest BCUT2D eigenvalue weighted by atomic mass is 10.2. The third-order valence-electron chi connectivity index (χ3n) is 4.35. The Morgan fingerprint density at radius 3 is 2.93 bits per heavy atom. The number of carbonyl (C=O) groups excluding carboxylic acids is 1. The lowest BCUT2D eigenvalue weighted by Gasteiger charge is -2.06. The molecule has 3 N–H and O–H groups in total. The first kappa shape index (κ1) is 18.0. The van der Waals surface area contributed by atoms with Gasteiger partial charge in [0.15, 0.2) is 11.5 Å². The second kappa shape index (κ2) is 7.00. The molecular weight excluding hydrogens is 383 g/mol. The number of nitrogens with zero attached hydrogens (tertiary/aromatic N) is 5. The molecule has 1 amide bonds. The predicted molar refractivity (Wildman–Crippen MR) is 102 cm³/mol. The highest BCUT2D eigenvalue weighted by Crippen LogP contribution is 2.30. The molecule has 28 heavy (non-hydrogen) atoms. The summed E-state index contributed by atoms with van der Waals surface area (Å²) in [4.78, 5) is 17.2. The van der Waals surface area contributed by atoms with E-state index in [1.165, 1.54) is 17.5 Å². The Kier molecular flexibility index (Phi) is 4.51. The number of hydrogen-bond acceptors (Lipinski definition) is 6. The average Bonchev–Trinajstić information content (AvgIpc) is 3.41. The van der Waals surface area contributed by atoms with Crippen molar-refractivity contribution in [2.45, 2.75) is 13.0 Å². The maximum Gasteiger partial charge on any atom is 0.269 e. The molecule has 4 rings (SSSR count). The summed E-state index contributed by atoms with van der Waals surface area (Å²) in [5, 5.41) is 21.9. The van der Waals surface area contributed by atoms with Gasteiger partial charge in [-0.2, -0.15) is 10.2 Å². The van der Waals surface area contributed by atoms with E-state index >= 15 is 0 Å². The van der Waals surface area contributed by atoms with E-state index in [9.17, 15) is 9.18 Å². The summed E-state index contributed by atoms with van der Waals surface area (Å²) in [6, 6.07) is 1.82. The molecule has 0 aliphatic carbocycles. The highest BCUT2D eigenvalue weighted by atomic mass is 32.1. The van der Waals surface area contributed by atoms with Crippen molar-refractivity contribution in [3.8, 4) is 0 Å². The Balaban J connectivity index is 1.62. The normalized spacial score (nSPS) is 11.2. The number of rotatable bonds is 6. The number of thiazole rings is 1. The molecule has 144 valence electrons. The number of amides is 1.